The fourth-order valence-electron chi connectivity index (χ4n) is 6.32. The van der Waals surface area contributed by atoms with Gasteiger partial charge in [0, 0.05) is 46.1 Å². The number of carbonyl (C=O) groups is 6. The lowest BCUT2D eigenvalue weighted by Crippen LogP contribution is -2.59. The third-order valence-electron chi connectivity index (χ3n) is 9.20. The van der Waals surface area contributed by atoms with E-state index in [0.717, 1.165) is 15.2 Å². The fraction of sp³-hybridized carbons (Fsp3) is 0.543. The molecule has 0 spiro atoms. The Bertz CT molecular complexity index is 1790. The number of fused-ring (bicyclic) bond motifs is 1. The van der Waals surface area contributed by atoms with E-state index in [1.165, 1.54) is 25.9 Å². The van der Waals surface area contributed by atoms with Crippen molar-refractivity contribution in [2.75, 3.05) is 13.1 Å². The molecule has 1 aromatic heterocycles. The zero-order valence-corrected chi connectivity index (χ0v) is 30.0. The topological polar surface area (TPSA) is 230 Å². The van der Waals surface area contributed by atoms with Crippen LogP contribution in [0, 0.1) is 5.92 Å². The second-order valence-corrected chi connectivity index (χ2v) is 13.8. The lowest BCUT2D eigenvalue weighted by Gasteiger charge is -2.29. The predicted octanol–water partition coefficient (Wildman–Crippen LogP) is -2.18. The smallest absolute Gasteiger partial charge is 0.331 e. The Hall–Kier alpha value is -5.32. The molecule has 0 bridgehead atoms. The summed E-state index contributed by atoms with van der Waals surface area (Å²) in [7, 11) is 2.56. The van der Waals surface area contributed by atoms with Crippen LogP contribution in [0.5, 0.6) is 0 Å². The van der Waals surface area contributed by atoms with Crippen molar-refractivity contribution in [3.05, 3.63) is 68.5 Å². The number of hydrogen-bond donors (Lipinski definition) is 6. The van der Waals surface area contributed by atoms with E-state index in [-0.39, 0.29) is 56.8 Å². The van der Waals surface area contributed by atoms with Gasteiger partial charge in [-0.3, -0.25) is 42.7 Å². The first kappa shape index (κ1) is 39.5. The Kier molecular flexibility index (Phi) is 13.1. The van der Waals surface area contributed by atoms with Crippen LogP contribution in [0.2, 0.25) is 0 Å². The van der Waals surface area contributed by atoms with E-state index >= 15 is 0 Å². The molecule has 0 aliphatic carbocycles. The van der Waals surface area contributed by atoms with Crippen molar-refractivity contribution < 1.29 is 33.9 Å². The van der Waals surface area contributed by atoms with Crippen molar-refractivity contribution in [1.29, 1.82) is 0 Å². The third kappa shape index (κ3) is 9.71. The summed E-state index contributed by atoms with van der Waals surface area (Å²) in [5.74, 6) is -4.20. The first-order valence-corrected chi connectivity index (χ1v) is 17.4. The van der Waals surface area contributed by atoms with Gasteiger partial charge in [0.2, 0.25) is 29.5 Å². The van der Waals surface area contributed by atoms with Crippen molar-refractivity contribution in [3.8, 4) is 0 Å². The van der Waals surface area contributed by atoms with Crippen LogP contribution >= 0.6 is 0 Å². The van der Waals surface area contributed by atoms with Crippen LogP contribution in [0.25, 0.3) is 0 Å². The first-order chi connectivity index (χ1) is 24.6. The Morgan fingerprint density at radius 2 is 1.56 bits per heavy atom. The zero-order valence-electron chi connectivity index (χ0n) is 30.0. The Morgan fingerprint density at radius 3 is 2.23 bits per heavy atom. The summed E-state index contributed by atoms with van der Waals surface area (Å²) in [6.07, 6.45) is -0.708. The van der Waals surface area contributed by atoms with Crippen LogP contribution in [0.15, 0.2) is 46.0 Å². The monoisotopic (exact) mass is 724 g/mol. The number of aromatic nitrogens is 2. The summed E-state index contributed by atoms with van der Waals surface area (Å²) >= 11 is 0. The van der Waals surface area contributed by atoms with Crippen LogP contribution in [0.3, 0.4) is 0 Å². The number of rotatable bonds is 6. The van der Waals surface area contributed by atoms with E-state index < -0.39 is 83.0 Å². The highest BCUT2D eigenvalue weighted by atomic mass is 16.3. The highest BCUT2D eigenvalue weighted by Gasteiger charge is 2.41. The molecule has 0 unspecified atom stereocenters. The van der Waals surface area contributed by atoms with E-state index in [0.29, 0.717) is 5.56 Å². The van der Waals surface area contributed by atoms with Crippen molar-refractivity contribution in [2.24, 2.45) is 20.0 Å². The SMILES string of the molecule is CC(C)C[C@@H]1NC(=O)[C@@H](Cc2ccccc2)NC(=O)[C@@H](NC(=O)c2cc(=O)n(C)c(=O)n2C)CCCNC(=O)[C@@H]2C[C@@H](O)CN2C(=O)[C@H](C)NC1=O. The minimum atomic E-state index is -1.31. The Balaban J connectivity index is 1.70. The molecular weight excluding hydrogens is 676 g/mol. The molecule has 6 N–H and O–H groups in total. The molecule has 17 nitrogen and oxygen atoms in total. The Morgan fingerprint density at radius 1 is 0.904 bits per heavy atom. The highest BCUT2D eigenvalue weighted by molar-refractivity contribution is 5.98. The van der Waals surface area contributed by atoms with Crippen LogP contribution < -0.4 is 37.8 Å². The molecule has 1 aromatic carbocycles. The lowest BCUT2D eigenvalue weighted by molar-refractivity contribution is -0.141. The number of amides is 6. The quantitative estimate of drug-likeness (QED) is 0.190. The van der Waals surface area contributed by atoms with E-state index in [1.54, 1.807) is 30.3 Å². The number of hydrogen-bond acceptors (Lipinski definition) is 9. The van der Waals surface area contributed by atoms with Gasteiger partial charge in [-0.2, -0.15) is 0 Å². The number of nitrogens with zero attached hydrogens (tertiary/aromatic N) is 3. The molecular formula is C35H48N8O9. The summed E-state index contributed by atoms with van der Waals surface area (Å²) in [6, 6.07) is 4.04. The molecule has 2 saturated heterocycles. The van der Waals surface area contributed by atoms with Crippen LogP contribution in [-0.2, 0) is 44.5 Å². The number of benzene rings is 1. The van der Waals surface area contributed by atoms with Gasteiger partial charge in [-0.15, -0.1) is 0 Å². The minimum absolute atomic E-state index is 0.00851. The van der Waals surface area contributed by atoms with E-state index in [2.05, 4.69) is 26.6 Å². The number of carbonyl (C=O) groups excluding carboxylic acids is 6. The van der Waals surface area contributed by atoms with Gasteiger partial charge in [0.1, 0.15) is 35.9 Å². The molecule has 2 aliphatic rings. The van der Waals surface area contributed by atoms with Crippen molar-refractivity contribution in [2.45, 2.75) is 89.2 Å². The lowest BCUT2D eigenvalue weighted by atomic mass is 10.00. The minimum Gasteiger partial charge on any atom is -0.391 e. The average molecular weight is 725 g/mol. The molecule has 0 radical (unpaired) electrons. The molecule has 282 valence electrons. The third-order valence-corrected chi connectivity index (χ3v) is 9.20. The van der Waals surface area contributed by atoms with E-state index in [9.17, 15) is 43.5 Å². The summed E-state index contributed by atoms with van der Waals surface area (Å²) in [5, 5.41) is 23.8. The first-order valence-electron chi connectivity index (χ1n) is 17.4. The summed E-state index contributed by atoms with van der Waals surface area (Å²) in [5.41, 5.74) is -1.10. The fourth-order valence-corrected chi connectivity index (χ4v) is 6.32. The van der Waals surface area contributed by atoms with Crippen molar-refractivity contribution >= 4 is 35.4 Å². The molecule has 2 aromatic rings. The molecule has 6 atom stereocenters. The van der Waals surface area contributed by atoms with Gasteiger partial charge in [0.15, 0.2) is 0 Å². The van der Waals surface area contributed by atoms with Crippen LogP contribution in [0.1, 0.15) is 62.5 Å². The van der Waals surface area contributed by atoms with Gasteiger partial charge in [0.25, 0.3) is 11.5 Å². The molecule has 17 heteroatoms. The van der Waals surface area contributed by atoms with Crippen LogP contribution in [0.4, 0.5) is 0 Å². The van der Waals surface area contributed by atoms with Crippen LogP contribution in [-0.4, -0.2) is 104 Å². The standard InChI is InChI=1S/C35H48N8O9/c1-19(2)14-24-30(47)37-20(3)34(51)43-18-22(44)16-27(43)32(49)36-13-9-12-23(38-33(50)26-17-28(45)42(5)35(52)41(26)4)29(46)40-25(31(48)39-24)15-21-10-7-6-8-11-21/h6-8,10-11,17,19-20,22-25,27,44H,9,12-16,18H2,1-5H3,(H,36,49)(H,37,47)(H,38,50)(H,39,48)(H,40,46)/t20-,22+,23-,24-,25+,27-/m0/s1. The van der Waals surface area contributed by atoms with Gasteiger partial charge in [-0.05, 0) is 37.7 Å². The number of aliphatic hydroxyl groups excluding tert-OH is 1. The molecule has 0 saturated carbocycles. The summed E-state index contributed by atoms with van der Waals surface area (Å²) in [6.45, 7) is 5.05. The number of aliphatic hydroxyl groups is 1. The van der Waals surface area contributed by atoms with Gasteiger partial charge < -0.3 is 36.6 Å². The molecule has 3 heterocycles. The van der Waals surface area contributed by atoms with E-state index in [4.69, 9.17) is 0 Å². The van der Waals surface area contributed by atoms with E-state index in [1.807, 2.05) is 13.8 Å². The van der Waals surface area contributed by atoms with Crippen molar-refractivity contribution in [1.82, 2.24) is 40.6 Å². The maximum absolute atomic E-state index is 14.0. The predicted molar refractivity (Wildman–Crippen MR) is 188 cm³/mol. The average Bonchev–Trinajstić information content (AvgIpc) is 3.50. The van der Waals surface area contributed by atoms with Gasteiger partial charge in [-0.1, -0.05) is 44.2 Å². The normalized spacial score (nSPS) is 25.3. The van der Waals surface area contributed by atoms with Gasteiger partial charge in [-0.25, -0.2) is 4.79 Å². The largest absolute Gasteiger partial charge is 0.391 e. The maximum atomic E-state index is 14.0. The maximum Gasteiger partial charge on any atom is 0.331 e. The molecule has 52 heavy (non-hydrogen) atoms. The molecule has 2 aliphatic heterocycles. The number of nitrogens with one attached hydrogen (secondary N) is 5. The molecule has 4 rings (SSSR count). The summed E-state index contributed by atoms with van der Waals surface area (Å²) < 4.78 is 1.78. The Labute approximate surface area is 300 Å². The second-order valence-electron chi connectivity index (χ2n) is 13.8. The van der Waals surface area contributed by atoms with Gasteiger partial charge in [0.05, 0.1) is 6.10 Å². The van der Waals surface area contributed by atoms with Crippen molar-refractivity contribution in [3.63, 3.8) is 0 Å². The summed E-state index contributed by atoms with van der Waals surface area (Å²) in [4.78, 5) is 108. The molecule has 2 fully saturated rings. The zero-order chi connectivity index (χ0) is 38.3. The van der Waals surface area contributed by atoms with Gasteiger partial charge >= 0.3 is 5.69 Å². The highest BCUT2D eigenvalue weighted by Crippen LogP contribution is 2.20. The molecule has 6 amide bonds. The second kappa shape index (κ2) is 17.3.